The standard InChI is InChI=1S/C23H19ClFN3O4S/c24-20-4-2-1-3-15(20)10-22(29)27-18-9-16-12-26-13-19(16)21(11-18)33(31,32)28-23(30)14-5-7-17(25)8-6-14/h1-9,11,26H,10,12-13H2,(H,27,29)(H,28,30). The van der Waals surface area contributed by atoms with E-state index in [1.807, 2.05) is 4.72 Å². The van der Waals surface area contributed by atoms with Crippen molar-refractivity contribution in [2.75, 3.05) is 5.32 Å². The Morgan fingerprint density at radius 3 is 2.48 bits per heavy atom. The Labute approximate surface area is 195 Å². The minimum Gasteiger partial charge on any atom is -0.326 e. The molecule has 0 aromatic heterocycles. The van der Waals surface area contributed by atoms with Crippen molar-refractivity contribution in [1.29, 1.82) is 0 Å². The zero-order valence-electron chi connectivity index (χ0n) is 17.2. The molecule has 0 aliphatic carbocycles. The Balaban J connectivity index is 1.59. The fourth-order valence-corrected chi connectivity index (χ4v) is 5.04. The number of rotatable bonds is 6. The second kappa shape index (κ2) is 9.30. The maximum atomic E-state index is 13.1. The van der Waals surface area contributed by atoms with Crippen LogP contribution in [0.3, 0.4) is 0 Å². The second-order valence-corrected chi connectivity index (χ2v) is 9.53. The van der Waals surface area contributed by atoms with E-state index in [1.165, 1.54) is 18.2 Å². The van der Waals surface area contributed by atoms with Crippen molar-refractivity contribution in [2.24, 2.45) is 0 Å². The third kappa shape index (κ3) is 5.22. The average molecular weight is 488 g/mol. The van der Waals surface area contributed by atoms with E-state index < -0.39 is 21.7 Å². The van der Waals surface area contributed by atoms with E-state index in [0.717, 1.165) is 12.1 Å². The van der Waals surface area contributed by atoms with Crippen molar-refractivity contribution in [3.05, 3.63) is 93.8 Å². The van der Waals surface area contributed by atoms with Gasteiger partial charge in [-0.25, -0.2) is 17.5 Å². The summed E-state index contributed by atoms with van der Waals surface area (Å²) in [5.41, 5.74) is 2.13. The molecule has 1 aliphatic rings. The van der Waals surface area contributed by atoms with Crippen molar-refractivity contribution in [1.82, 2.24) is 10.0 Å². The molecule has 0 saturated carbocycles. The summed E-state index contributed by atoms with van der Waals surface area (Å²) in [4.78, 5) is 24.9. The van der Waals surface area contributed by atoms with Gasteiger partial charge in [-0.1, -0.05) is 29.8 Å². The van der Waals surface area contributed by atoms with Crippen LogP contribution in [-0.4, -0.2) is 20.2 Å². The van der Waals surface area contributed by atoms with E-state index in [2.05, 4.69) is 10.6 Å². The van der Waals surface area contributed by atoms with Gasteiger partial charge < -0.3 is 10.6 Å². The molecule has 170 valence electrons. The van der Waals surface area contributed by atoms with Gasteiger partial charge in [0.25, 0.3) is 15.9 Å². The fraction of sp³-hybridized carbons (Fsp3) is 0.130. The first-order chi connectivity index (χ1) is 15.7. The molecule has 1 aliphatic heterocycles. The average Bonchev–Trinajstić information content (AvgIpc) is 3.23. The van der Waals surface area contributed by atoms with Crippen LogP contribution >= 0.6 is 11.6 Å². The number of hydrogen-bond donors (Lipinski definition) is 3. The molecule has 1 heterocycles. The van der Waals surface area contributed by atoms with Gasteiger partial charge in [-0.15, -0.1) is 0 Å². The smallest absolute Gasteiger partial charge is 0.265 e. The molecule has 7 nitrogen and oxygen atoms in total. The van der Waals surface area contributed by atoms with Gasteiger partial charge in [0, 0.05) is 29.4 Å². The first-order valence-electron chi connectivity index (χ1n) is 9.95. The Morgan fingerprint density at radius 1 is 1.03 bits per heavy atom. The molecule has 0 saturated heterocycles. The fourth-order valence-electron chi connectivity index (χ4n) is 3.55. The monoisotopic (exact) mass is 487 g/mol. The van der Waals surface area contributed by atoms with Crippen LogP contribution in [-0.2, 0) is 34.3 Å². The second-order valence-electron chi connectivity index (χ2n) is 7.47. The summed E-state index contributed by atoms with van der Waals surface area (Å²) >= 11 is 6.11. The molecule has 3 N–H and O–H groups in total. The maximum absolute atomic E-state index is 13.1. The highest BCUT2D eigenvalue weighted by atomic mass is 35.5. The number of carbonyl (C=O) groups excluding carboxylic acids is 2. The lowest BCUT2D eigenvalue weighted by Crippen LogP contribution is -2.31. The Hall–Kier alpha value is -3.27. The van der Waals surface area contributed by atoms with Crippen LogP contribution < -0.4 is 15.4 Å². The highest BCUT2D eigenvalue weighted by molar-refractivity contribution is 7.90. The van der Waals surface area contributed by atoms with E-state index >= 15 is 0 Å². The molecule has 0 unspecified atom stereocenters. The number of hydrogen-bond acceptors (Lipinski definition) is 5. The topological polar surface area (TPSA) is 104 Å². The largest absolute Gasteiger partial charge is 0.326 e. The summed E-state index contributed by atoms with van der Waals surface area (Å²) < 4.78 is 41.2. The molecule has 2 amide bonds. The molecule has 3 aromatic carbocycles. The predicted octanol–water partition coefficient (Wildman–Crippen LogP) is 3.38. The van der Waals surface area contributed by atoms with Crippen LogP contribution in [0.4, 0.5) is 10.1 Å². The summed E-state index contributed by atoms with van der Waals surface area (Å²) in [5.74, 6) is -1.80. The van der Waals surface area contributed by atoms with Crippen molar-refractivity contribution < 1.29 is 22.4 Å². The molecule has 0 radical (unpaired) electrons. The normalized spacial score (nSPS) is 12.8. The van der Waals surface area contributed by atoms with Gasteiger partial charge in [-0.3, -0.25) is 9.59 Å². The molecule has 10 heteroatoms. The summed E-state index contributed by atoms with van der Waals surface area (Å²) in [5, 5.41) is 6.23. The van der Waals surface area contributed by atoms with Gasteiger partial charge in [0.15, 0.2) is 0 Å². The van der Waals surface area contributed by atoms with Crippen LogP contribution in [0.2, 0.25) is 5.02 Å². The quantitative estimate of drug-likeness (QED) is 0.494. The lowest BCUT2D eigenvalue weighted by molar-refractivity contribution is -0.115. The van der Waals surface area contributed by atoms with Crippen molar-refractivity contribution in [2.45, 2.75) is 24.4 Å². The zero-order valence-corrected chi connectivity index (χ0v) is 18.8. The number of anilines is 1. The predicted molar refractivity (Wildman–Crippen MR) is 122 cm³/mol. The summed E-state index contributed by atoms with van der Waals surface area (Å²) in [7, 11) is -4.27. The number of sulfonamides is 1. The molecular weight excluding hydrogens is 469 g/mol. The maximum Gasteiger partial charge on any atom is 0.265 e. The molecular formula is C23H19ClFN3O4S. The molecule has 0 spiro atoms. The number of halogens is 2. The molecule has 4 rings (SSSR count). The number of fused-ring (bicyclic) bond motifs is 1. The SMILES string of the molecule is O=C(Cc1ccccc1Cl)Nc1cc2c(c(S(=O)(=O)NC(=O)c3ccc(F)cc3)c1)CNC2. The van der Waals surface area contributed by atoms with Gasteiger partial charge in [0.05, 0.1) is 11.3 Å². The summed E-state index contributed by atoms with van der Waals surface area (Å²) in [6.45, 7) is 0.710. The van der Waals surface area contributed by atoms with Crippen molar-refractivity contribution in [3.63, 3.8) is 0 Å². The van der Waals surface area contributed by atoms with Crippen LogP contribution in [0.5, 0.6) is 0 Å². The zero-order chi connectivity index (χ0) is 23.6. The van der Waals surface area contributed by atoms with Crippen molar-refractivity contribution >= 4 is 39.1 Å². The van der Waals surface area contributed by atoms with Crippen LogP contribution in [0.25, 0.3) is 0 Å². The Morgan fingerprint density at radius 2 is 1.76 bits per heavy atom. The Bertz CT molecular complexity index is 1340. The van der Waals surface area contributed by atoms with Gasteiger partial charge in [0.2, 0.25) is 5.91 Å². The third-order valence-electron chi connectivity index (χ3n) is 5.13. The minimum absolute atomic E-state index is 0.000979. The molecule has 3 aromatic rings. The number of carbonyl (C=O) groups is 2. The van der Waals surface area contributed by atoms with Crippen LogP contribution in [0.15, 0.2) is 65.6 Å². The Kier molecular flexibility index (Phi) is 6.46. The number of benzene rings is 3. The molecule has 0 fully saturated rings. The van der Waals surface area contributed by atoms with Gasteiger partial charge in [-0.05, 0) is 59.2 Å². The lowest BCUT2D eigenvalue weighted by atomic mass is 10.1. The van der Waals surface area contributed by atoms with Gasteiger partial charge in [-0.2, -0.15) is 0 Å². The van der Waals surface area contributed by atoms with Crippen LogP contribution in [0, 0.1) is 5.82 Å². The van der Waals surface area contributed by atoms with E-state index in [9.17, 15) is 22.4 Å². The van der Waals surface area contributed by atoms with Crippen molar-refractivity contribution in [3.8, 4) is 0 Å². The number of nitrogens with one attached hydrogen (secondary N) is 3. The van der Waals surface area contributed by atoms with E-state index in [0.29, 0.717) is 34.8 Å². The summed E-state index contributed by atoms with van der Waals surface area (Å²) in [6, 6.07) is 14.5. The highest BCUT2D eigenvalue weighted by Crippen LogP contribution is 2.29. The first-order valence-corrected chi connectivity index (χ1v) is 11.8. The lowest BCUT2D eigenvalue weighted by Gasteiger charge is -2.14. The first kappa shape index (κ1) is 22.9. The van der Waals surface area contributed by atoms with E-state index in [-0.39, 0.29) is 28.5 Å². The van der Waals surface area contributed by atoms with E-state index in [4.69, 9.17) is 11.6 Å². The minimum atomic E-state index is -4.27. The van der Waals surface area contributed by atoms with Gasteiger partial charge >= 0.3 is 0 Å². The molecule has 33 heavy (non-hydrogen) atoms. The van der Waals surface area contributed by atoms with E-state index in [1.54, 1.807) is 30.3 Å². The molecule has 0 bridgehead atoms. The van der Waals surface area contributed by atoms with Gasteiger partial charge in [0.1, 0.15) is 5.82 Å². The summed E-state index contributed by atoms with van der Waals surface area (Å²) in [6.07, 6.45) is 0.0123. The van der Waals surface area contributed by atoms with Crippen LogP contribution in [0.1, 0.15) is 27.0 Å². The molecule has 0 atom stereocenters. The highest BCUT2D eigenvalue weighted by Gasteiger charge is 2.27. The third-order valence-corrected chi connectivity index (χ3v) is 6.90. The number of amides is 2.